The van der Waals surface area contributed by atoms with E-state index in [0.717, 1.165) is 37.0 Å². The Hall–Kier alpha value is -4.13. The number of hydrogen-bond acceptors (Lipinski definition) is 7. The number of aryl methyl sites for hydroxylation is 1. The molecule has 246 valence electrons. The van der Waals surface area contributed by atoms with Crippen molar-refractivity contribution in [1.82, 2.24) is 16.0 Å². The summed E-state index contributed by atoms with van der Waals surface area (Å²) in [5.74, 6) is 1.57. The van der Waals surface area contributed by atoms with Crippen molar-refractivity contribution in [2.24, 2.45) is 5.73 Å². The highest BCUT2D eigenvalue weighted by Gasteiger charge is 2.23. The van der Waals surface area contributed by atoms with Gasteiger partial charge in [-0.15, -0.1) is 0 Å². The monoisotopic (exact) mass is 653 g/mol. The van der Waals surface area contributed by atoms with E-state index < -0.39 is 0 Å². The number of amides is 1. The summed E-state index contributed by atoms with van der Waals surface area (Å²) in [5.41, 5.74) is 11.1. The topological polar surface area (TPSA) is 125 Å². The van der Waals surface area contributed by atoms with Gasteiger partial charge in [-0.25, -0.2) is 0 Å². The normalized spacial score (nSPS) is 17.4. The molecule has 1 saturated carbocycles. The van der Waals surface area contributed by atoms with Gasteiger partial charge in [0.05, 0.1) is 41.4 Å². The molecule has 1 amide bonds. The van der Waals surface area contributed by atoms with Gasteiger partial charge in [-0.3, -0.25) is 4.79 Å². The molecule has 0 saturated heterocycles. The quantitative estimate of drug-likeness (QED) is 0.124. The van der Waals surface area contributed by atoms with Crippen LogP contribution >= 0.6 is 11.6 Å². The lowest BCUT2D eigenvalue weighted by atomic mass is 9.91. The number of carbonyl (C=O) groups excluding carboxylic acids is 1. The molecular formula is C38H44ClN5O3. The second kappa shape index (κ2) is 16.1. The van der Waals surface area contributed by atoms with Crippen LogP contribution in [-0.4, -0.2) is 37.7 Å². The standard InChI is InChI=1S/C38H44ClN5O3/c1-24-4-10-28(11-5-24)25(2)42-23-32-16-17-36(47-32)34-19-33(35(39)20-37(34)46-3)38(45)44-31(18-26-6-8-27(21-40)9-7-26)22-43-30-14-12-29(41)13-15-30/h4-11,16-17,19-20,25,29-31,42-43H,12-15,18,22-23,41H2,1-3H3,(H,44,45)/t25-,29?,30?,31-/m0/s1. The Morgan fingerprint density at radius 1 is 1.06 bits per heavy atom. The van der Waals surface area contributed by atoms with Crippen molar-refractivity contribution in [3.8, 4) is 23.1 Å². The number of hydrogen-bond donors (Lipinski definition) is 4. The lowest BCUT2D eigenvalue weighted by Gasteiger charge is -2.29. The van der Waals surface area contributed by atoms with E-state index in [1.165, 1.54) is 11.1 Å². The average Bonchev–Trinajstić information content (AvgIpc) is 3.56. The zero-order chi connectivity index (χ0) is 33.3. The van der Waals surface area contributed by atoms with E-state index in [-0.39, 0.29) is 29.1 Å². The van der Waals surface area contributed by atoms with Crippen LogP contribution in [0, 0.1) is 18.3 Å². The third-order valence-corrected chi connectivity index (χ3v) is 9.26. The first-order valence-electron chi connectivity index (χ1n) is 16.3. The van der Waals surface area contributed by atoms with Crippen LogP contribution in [0.4, 0.5) is 0 Å². The van der Waals surface area contributed by atoms with Gasteiger partial charge < -0.3 is 30.8 Å². The molecule has 1 aromatic heterocycles. The molecule has 2 atom stereocenters. The number of methoxy groups -OCH3 is 1. The van der Waals surface area contributed by atoms with Crippen LogP contribution in [0.1, 0.15) is 77.0 Å². The maximum absolute atomic E-state index is 13.8. The summed E-state index contributed by atoms with van der Waals surface area (Å²) < 4.78 is 11.9. The Morgan fingerprint density at radius 3 is 2.47 bits per heavy atom. The fraction of sp³-hybridized carbons (Fsp3) is 0.368. The maximum atomic E-state index is 13.8. The van der Waals surface area contributed by atoms with E-state index in [2.05, 4.69) is 60.1 Å². The smallest absolute Gasteiger partial charge is 0.253 e. The summed E-state index contributed by atoms with van der Waals surface area (Å²) in [4.78, 5) is 13.8. The molecule has 5 N–H and O–H groups in total. The summed E-state index contributed by atoms with van der Waals surface area (Å²) in [6.07, 6.45) is 4.60. The molecule has 0 unspecified atom stereocenters. The highest BCUT2D eigenvalue weighted by molar-refractivity contribution is 6.34. The molecule has 1 aliphatic rings. The van der Waals surface area contributed by atoms with E-state index in [0.29, 0.717) is 53.8 Å². The first-order chi connectivity index (χ1) is 22.7. The van der Waals surface area contributed by atoms with Gasteiger partial charge in [0, 0.05) is 36.8 Å². The molecule has 0 spiro atoms. The minimum absolute atomic E-state index is 0.145. The molecule has 5 rings (SSSR count). The number of furan rings is 1. The van der Waals surface area contributed by atoms with Gasteiger partial charge in [0.25, 0.3) is 5.91 Å². The summed E-state index contributed by atoms with van der Waals surface area (Å²) >= 11 is 6.67. The molecule has 0 radical (unpaired) electrons. The van der Waals surface area contributed by atoms with Crippen LogP contribution in [0.15, 0.2) is 77.2 Å². The molecule has 1 fully saturated rings. The number of nitrogens with two attached hydrogens (primary N) is 1. The van der Waals surface area contributed by atoms with E-state index in [1.807, 2.05) is 24.3 Å². The van der Waals surface area contributed by atoms with Crippen molar-refractivity contribution in [1.29, 1.82) is 5.26 Å². The minimum atomic E-state index is -0.287. The second-order valence-electron chi connectivity index (χ2n) is 12.5. The van der Waals surface area contributed by atoms with E-state index >= 15 is 0 Å². The number of ether oxygens (including phenoxy) is 1. The second-order valence-corrected chi connectivity index (χ2v) is 12.9. The summed E-state index contributed by atoms with van der Waals surface area (Å²) in [5, 5.41) is 19.9. The van der Waals surface area contributed by atoms with Crippen molar-refractivity contribution in [3.63, 3.8) is 0 Å². The lowest BCUT2D eigenvalue weighted by Crippen LogP contribution is -2.47. The molecule has 0 bridgehead atoms. The summed E-state index contributed by atoms with van der Waals surface area (Å²) in [6.45, 7) is 5.32. The highest BCUT2D eigenvalue weighted by Crippen LogP contribution is 2.36. The Labute approximate surface area is 282 Å². The molecule has 9 heteroatoms. The fourth-order valence-corrected chi connectivity index (χ4v) is 6.24. The Morgan fingerprint density at radius 2 is 1.79 bits per heavy atom. The Kier molecular flexibility index (Phi) is 11.7. The molecule has 3 aromatic carbocycles. The number of carbonyl (C=O) groups is 1. The van der Waals surface area contributed by atoms with Gasteiger partial charge in [-0.1, -0.05) is 53.6 Å². The molecule has 1 heterocycles. The number of benzene rings is 3. The number of nitrogens with zero attached hydrogens (tertiary/aromatic N) is 1. The third kappa shape index (κ3) is 9.24. The third-order valence-electron chi connectivity index (χ3n) is 8.95. The summed E-state index contributed by atoms with van der Waals surface area (Å²) in [7, 11) is 1.57. The highest BCUT2D eigenvalue weighted by atomic mass is 35.5. The summed E-state index contributed by atoms with van der Waals surface area (Å²) in [6, 6.07) is 25.8. The number of rotatable bonds is 13. The fourth-order valence-electron chi connectivity index (χ4n) is 6.00. The van der Waals surface area contributed by atoms with Gasteiger partial charge in [-0.05, 0) is 87.4 Å². The van der Waals surface area contributed by atoms with Crippen LogP contribution in [0.5, 0.6) is 5.75 Å². The first-order valence-corrected chi connectivity index (χ1v) is 16.7. The SMILES string of the molecule is COc1cc(Cl)c(C(=O)N[C@H](CNC2CCC(N)CC2)Cc2ccc(C#N)cc2)cc1-c1ccc(CN[C@@H](C)c2ccc(C)cc2)o1. The van der Waals surface area contributed by atoms with Gasteiger partial charge in [0.2, 0.25) is 0 Å². The Balaban J connectivity index is 1.31. The molecular weight excluding hydrogens is 610 g/mol. The number of nitrogens with one attached hydrogen (secondary N) is 3. The predicted molar refractivity (Wildman–Crippen MR) is 186 cm³/mol. The van der Waals surface area contributed by atoms with Crippen molar-refractivity contribution in [3.05, 3.63) is 111 Å². The average molecular weight is 654 g/mol. The van der Waals surface area contributed by atoms with Crippen LogP contribution in [0.2, 0.25) is 5.02 Å². The zero-order valence-corrected chi connectivity index (χ0v) is 28.1. The molecule has 0 aliphatic heterocycles. The zero-order valence-electron chi connectivity index (χ0n) is 27.3. The van der Waals surface area contributed by atoms with Crippen molar-refractivity contribution in [2.75, 3.05) is 13.7 Å². The first kappa shape index (κ1) is 34.2. The van der Waals surface area contributed by atoms with Crippen molar-refractivity contribution < 1.29 is 13.9 Å². The van der Waals surface area contributed by atoms with Crippen LogP contribution in [0.25, 0.3) is 11.3 Å². The number of nitriles is 1. The van der Waals surface area contributed by atoms with Crippen LogP contribution < -0.4 is 26.4 Å². The molecule has 47 heavy (non-hydrogen) atoms. The predicted octanol–water partition coefficient (Wildman–Crippen LogP) is 6.84. The van der Waals surface area contributed by atoms with E-state index in [4.69, 9.17) is 26.5 Å². The minimum Gasteiger partial charge on any atom is -0.496 e. The molecule has 4 aromatic rings. The van der Waals surface area contributed by atoms with Gasteiger partial charge in [0.1, 0.15) is 17.3 Å². The number of halogens is 1. The largest absolute Gasteiger partial charge is 0.496 e. The maximum Gasteiger partial charge on any atom is 0.253 e. The van der Waals surface area contributed by atoms with Gasteiger partial charge >= 0.3 is 0 Å². The van der Waals surface area contributed by atoms with Crippen molar-refractivity contribution >= 4 is 17.5 Å². The van der Waals surface area contributed by atoms with Gasteiger partial charge in [-0.2, -0.15) is 5.26 Å². The van der Waals surface area contributed by atoms with E-state index in [1.54, 1.807) is 31.4 Å². The van der Waals surface area contributed by atoms with Crippen LogP contribution in [0.3, 0.4) is 0 Å². The Bertz CT molecular complexity index is 1670. The van der Waals surface area contributed by atoms with Crippen LogP contribution in [-0.2, 0) is 13.0 Å². The van der Waals surface area contributed by atoms with Gasteiger partial charge in [0.15, 0.2) is 0 Å². The molecule has 1 aliphatic carbocycles. The molecule has 8 nitrogen and oxygen atoms in total. The van der Waals surface area contributed by atoms with Crippen molar-refractivity contribution in [2.45, 2.75) is 76.7 Å². The lowest BCUT2D eigenvalue weighted by molar-refractivity contribution is 0.0935. The van der Waals surface area contributed by atoms with E-state index in [9.17, 15) is 10.1 Å².